The van der Waals surface area contributed by atoms with Gasteiger partial charge in [-0.25, -0.2) is 0 Å². The fraction of sp³-hybridized carbons (Fsp3) is 0.905. The molecule has 0 aliphatic heterocycles. The molecular weight excluding hydrogens is 300 g/mol. The first-order valence-corrected chi connectivity index (χ1v) is 9.98. The zero-order chi connectivity index (χ0) is 17.3. The number of rotatable bonds is 1. The summed E-state index contributed by atoms with van der Waals surface area (Å²) in [5.41, 5.74) is -0.0175. The molecule has 134 valence electrons. The normalized spacial score (nSPS) is 53.9. The van der Waals surface area contributed by atoms with Gasteiger partial charge in [-0.15, -0.1) is 0 Å². The van der Waals surface area contributed by atoms with E-state index in [2.05, 4.69) is 13.8 Å². The highest BCUT2D eigenvalue weighted by atomic mass is 16.3. The zero-order valence-corrected chi connectivity index (χ0v) is 15.4. The molecule has 3 heteroatoms. The van der Waals surface area contributed by atoms with Gasteiger partial charge in [-0.3, -0.25) is 9.59 Å². The maximum absolute atomic E-state index is 13.3. The van der Waals surface area contributed by atoms with Crippen LogP contribution in [0.1, 0.15) is 72.1 Å². The van der Waals surface area contributed by atoms with Crippen molar-refractivity contribution in [1.29, 1.82) is 0 Å². The van der Waals surface area contributed by atoms with Crippen LogP contribution in [0.3, 0.4) is 0 Å². The van der Waals surface area contributed by atoms with Crippen molar-refractivity contribution in [2.75, 3.05) is 0 Å². The zero-order valence-electron chi connectivity index (χ0n) is 15.4. The van der Waals surface area contributed by atoms with Crippen LogP contribution in [0.2, 0.25) is 0 Å². The van der Waals surface area contributed by atoms with Crippen LogP contribution in [0, 0.1) is 40.4 Å². The number of fused-ring (bicyclic) bond motifs is 5. The lowest BCUT2D eigenvalue weighted by Crippen LogP contribution is -2.58. The largest absolute Gasteiger partial charge is 0.393 e. The molecule has 4 aliphatic carbocycles. The predicted octanol–water partition coefficient (Wildman–Crippen LogP) is 3.77. The minimum Gasteiger partial charge on any atom is -0.393 e. The highest BCUT2D eigenvalue weighted by Crippen LogP contribution is 2.66. The molecule has 24 heavy (non-hydrogen) atoms. The number of carbonyl (C=O) groups is 2. The molecular formula is C21H32O3. The number of aliphatic hydroxyl groups is 1. The standard InChI is InChI=1S/C21H32O3/c1-12(22)16-6-7-17-15-5-4-13-10-14(23)8-9-20(13,2)19(15)18(24)11-21(16,17)3/h13-17,19,23H,4-11H2,1-3H3/t13?,14-,15?,16?,17?,19?,20+,21-/m1/s1. The Morgan fingerprint density at radius 1 is 1.08 bits per heavy atom. The molecule has 0 radical (unpaired) electrons. The molecule has 0 amide bonds. The number of aliphatic hydroxyl groups excluding tert-OH is 1. The van der Waals surface area contributed by atoms with Crippen molar-refractivity contribution in [3.63, 3.8) is 0 Å². The quantitative estimate of drug-likeness (QED) is 0.795. The monoisotopic (exact) mass is 332 g/mol. The molecule has 5 unspecified atom stereocenters. The molecule has 0 spiro atoms. The fourth-order valence-corrected chi connectivity index (χ4v) is 7.72. The van der Waals surface area contributed by atoms with Crippen LogP contribution in [0.25, 0.3) is 0 Å². The van der Waals surface area contributed by atoms with Crippen LogP contribution in [-0.4, -0.2) is 22.8 Å². The first-order valence-electron chi connectivity index (χ1n) is 9.98. The van der Waals surface area contributed by atoms with Gasteiger partial charge in [0.25, 0.3) is 0 Å². The van der Waals surface area contributed by atoms with Crippen LogP contribution in [0.15, 0.2) is 0 Å². The molecule has 4 rings (SSSR count). The van der Waals surface area contributed by atoms with E-state index < -0.39 is 0 Å². The van der Waals surface area contributed by atoms with E-state index >= 15 is 0 Å². The number of carbonyl (C=O) groups excluding carboxylic acids is 2. The van der Waals surface area contributed by atoms with Crippen LogP contribution < -0.4 is 0 Å². The smallest absolute Gasteiger partial charge is 0.137 e. The summed E-state index contributed by atoms with van der Waals surface area (Å²) in [6.07, 6.45) is 7.53. The van der Waals surface area contributed by atoms with Gasteiger partial charge in [-0.2, -0.15) is 0 Å². The van der Waals surface area contributed by atoms with Gasteiger partial charge in [0.05, 0.1) is 6.10 Å². The van der Waals surface area contributed by atoms with Gasteiger partial charge >= 0.3 is 0 Å². The Morgan fingerprint density at radius 3 is 2.54 bits per heavy atom. The van der Waals surface area contributed by atoms with E-state index in [-0.39, 0.29) is 34.6 Å². The molecule has 0 heterocycles. The molecule has 0 saturated heterocycles. The summed E-state index contributed by atoms with van der Waals surface area (Å²) >= 11 is 0. The van der Waals surface area contributed by atoms with Crippen LogP contribution in [0.4, 0.5) is 0 Å². The second-order valence-electron chi connectivity index (χ2n) is 9.85. The molecule has 4 fully saturated rings. The van der Waals surface area contributed by atoms with Gasteiger partial charge in [0.15, 0.2) is 0 Å². The van der Waals surface area contributed by atoms with Crippen molar-refractivity contribution in [3.8, 4) is 0 Å². The third-order valence-corrected chi connectivity index (χ3v) is 8.81. The van der Waals surface area contributed by atoms with E-state index in [1.807, 2.05) is 0 Å². The molecule has 0 aromatic carbocycles. The summed E-state index contributed by atoms with van der Waals surface area (Å²) in [4.78, 5) is 25.5. The number of hydrogen-bond acceptors (Lipinski definition) is 3. The minimum absolute atomic E-state index is 0.0782. The highest BCUT2D eigenvalue weighted by Gasteiger charge is 2.63. The van der Waals surface area contributed by atoms with Gasteiger partial charge in [0.1, 0.15) is 11.6 Å². The lowest BCUT2D eigenvalue weighted by atomic mass is 9.44. The maximum atomic E-state index is 13.3. The lowest BCUT2D eigenvalue weighted by molar-refractivity contribution is -0.162. The first-order chi connectivity index (χ1) is 11.3. The van der Waals surface area contributed by atoms with Crippen molar-refractivity contribution in [3.05, 3.63) is 0 Å². The first kappa shape index (κ1) is 16.8. The van der Waals surface area contributed by atoms with Gasteiger partial charge in [-0.1, -0.05) is 13.8 Å². The molecule has 4 aliphatic rings. The maximum Gasteiger partial charge on any atom is 0.137 e. The molecule has 1 N–H and O–H groups in total. The minimum atomic E-state index is -0.169. The molecule has 4 saturated carbocycles. The Balaban J connectivity index is 1.68. The summed E-state index contributed by atoms with van der Waals surface area (Å²) in [6, 6.07) is 0. The van der Waals surface area contributed by atoms with Gasteiger partial charge in [0.2, 0.25) is 0 Å². The van der Waals surface area contributed by atoms with E-state index in [1.54, 1.807) is 6.92 Å². The van der Waals surface area contributed by atoms with Crippen molar-refractivity contribution < 1.29 is 14.7 Å². The van der Waals surface area contributed by atoms with Gasteiger partial charge < -0.3 is 5.11 Å². The molecule has 0 aromatic rings. The second kappa shape index (κ2) is 5.40. The van der Waals surface area contributed by atoms with Crippen molar-refractivity contribution in [2.24, 2.45) is 40.4 Å². The Bertz CT molecular complexity index is 569. The number of ketones is 2. The summed E-state index contributed by atoms with van der Waals surface area (Å²) in [6.45, 7) is 6.28. The number of Topliss-reactive ketones (excluding diaryl/α,β-unsaturated/α-hetero) is 2. The predicted molar refractivity (Wildman–Crippen MR) is 92.3 cm³/mol. The van der Waals surface area contributed by atoms with Gasteiger partial charge in [-0.05, 0) is 80.5 Å². The molecule has 0 bridgehead atoms. The third kappa shape index (κ3) is 2.12. The Labute approximate surface area is 145 Å². The second-order valence-corrected chi connectivity index (χ2v) is 9.85. The Kier molecular flexibility index (Phi) is 3.77. The third-order valence-electron chi connectivity index (χ3n) is 8.81. The van der Waals surface area contributed by atoms with E-state index in [1.165, 1.54) is 0 Å². The van der Waals surface area contributed by atoms with Crippen LogP contribution in [0.5, 0.6) is 0 Å². The summed E-state index contributed by atoms with van der Waals surface area (Å²) in [5, 5.41) is 10.1. The van der Waals surface area contributed by atoms with Crippen molar-refractivity contribution in [1.82, 2.24) is 0 Å². The lowest BCUT2D eigenvalue weighted by Gasteiger charge is -2.59. The van der Waals surface area contributed by atoms with Crippen molar-refractivity contribution in [2.45, 2.75) is 78.2 Å². The molecule has 8 atom stereocenters. The molecule has 3 nitrogen and oxygen atoms in total. The highest BCUT2D eigenvalue weighted by molar-refractivity contribution is 5.87. The average Bonchev–Trinajstić information content (AvgIpc) is 2.84. The fourth-order valence-electron chi connectivity index (χ4n) is 7.72. The Morgan fingerprint density at radius 2 is 1.83 bits per heavy atom. The topological polar surface area (TPSA) is 54.4 Å². The van der Waals surface area contributed by atoms with E-state index in [4.69, 9.17) is 0 Å². The summed E-state index contributed by atoms with van der Waals surface area (Å²) in [7, 11) is 0. The van der Waals surface area contributed by atoms with E-state index in [0.717, 1.165) is 44.9 Å². The van der Waals surface area contributed by atoms with E-state index in [0.29, 0.717) is 30.0 Å². The Hall–Kier alpha value is -0.700. The van der Waals surface area contributed by atoms with Crippen molar-refractivity contribution >= 4 is 11.6 Å². The SMILES string of the molecule is CC(=O)C1CCC2C3CCC4C[C@H](O)CC[C@]4(C)C3C(=O)C[C@]12C. The number of hydrogen-bond donors (Lipinski definition) is 1. The van der Waals surface area contributed by atoms with E-state index in [9.17, 15) is 14.7 Å². The molecule has 0 aromatic heterocycles. The van der Waals surface area contributed by atoms with Crippen LogP contribution >= 0.6 is 0 Å². The summed E-state index contributed by atoms with van der Waals surface area (Å²) in [5.74, 6) is 2.48. The van der Waals surface area contributed by atoms with Gasteiger partial charge in [0, 0.05) is 18.3 Å². The van der Waals surface area contributed by atoms with Crippen LogP contribution in [-0.2, 0) is 9.59 Å². The average molecular weight is 332 g/mol. The summed E-state index contributed by atoms with van der Waals surface area (Å²) < 4.78 is 0.